The van der Waals surface area contributed by atoms with Gasteiger partial charge in [-0.1, -0.05) is 19.3 Å². The Morgan fingerprint density at radius 1 is 1.26 bits per heavy atom. The van der Waals surface area contributed by atoms with Crippen molar-refractivity contribution in [3.63, 3.8) is 0 Å². The van der Waals surface area contributed by atoms with Crippen LogP contribution in [0.3, 0.4) is 0 Å². The third-order valence-electron chi connectivity index (χ3n) is 4.14. The lowest BCUT2D eigenvalue weighted by atomic mass is 9.81. The van der Waals surface area contributed by atoms with Crippen molar-refractivity contribution < 1.29 is 19.1 Å². The van der Waals surface area contributed by atoms with Crippen molar-refractivity contribution in [1.82, 2.24) is 5.32 Å². The molecule has 1 amide bonds. The van der Waals surface area contributed by atoms with Crippen molar-refractivity contribution in [2.24, 2.45) is 0 Å². The van der Waals surface area contributed by atoms with Crippen LogP contribution in [0.5, 0.6) is 5.75 Å². The van der Waals surface area contributed by atoms with Crippen molar-refractivity contribution in [2.45, 2.75) is 44.6 Å². The van der Waals surface area contributed by atoms with Crippen LogP contribution in [0.15, 0.2) is 22.7 Å². The van der Waals surface area contributed by atoms with Crippen molar-refractivity contribution in [1.29, 1.82) is 0 Å². The van der Waals surface area contributed by atoms with Gasteiger partial charge in [-0.05, 0) is 53.9 Å². The SMILES string of the molecule is CCOC(=O)C1(NC(=O)c2cc(OC)ccc2Br)CCCCC1. The molecule has 1 N–H and O–H groups in total. The topological polar surface area (TPSA) is 64.6 Å². The van der Waals surface area contributed by atoms with Gasteiger partial charge in [0, 0.05) is 4.47 Å². The van der Waals surface area contributed by atoms with Crippen molar-refractivity contribution in [2.75, 3.05) is 13.7 Å². The fourth-order valence-corrected chi connectivity index (χ4v) is 3.32. The van der Waals surface area contributed by atoms with Crippen LogP contribution in [0.4, 0.5) is 0 Å². The molecule has 1 aliphatic rings. The first-order chi connectivity index (χ1) is 11.0. The van der Waals surface area contributed by atoms with Gasteiger partial charge in [-0.25, -0.2) is 4.79 Å². The normalized spacial score (nSPS) is 16.5. The third-order valence-corrected chi connectivity index (χ3v) is 4.84. The average molecular weight is 384 g/mol. The van der Waals surface area contributed by atoms with Gasteiger partial charge in [-0.3, -0.25) is 4.79 Å². The van der Waals surface area contributed by atoms with E-state index in [0.717, 1.165) is 19.3 Å². The van der Waals surface area contributed by atoms with Crippen molar-refractivity contribution >= 4 is 27.8 Å². The highest BCUT2D eigenvalue weighted by atomic mass is 79.9. The summed E-state index contributed by atoms with van der Waals surface area (Å²) in [6.45, 7) is 2.08. The predicted octanol–water partition coefficient (Wildman–Crippen LogP) is 3.45. The van der Waals surface area contributed by atoms with Gasteiger partial charge in [0.2, 0.25) is 0 Å². The fraction of sp³-hybridized carbons (Fsp3) is 0.529. The van der Waals surface area contributed by atoms with E-state index in [1.165, 1.54) is 0 Å². The minimum atomic E-state index is -0.923. The number of carbonyl (C=O) groups excluding carboxylic acids is 2. The highest BCUT2D eigenvalue weighted by Gasteiger charge is 2.42. The van der Waals surface area contributed by atoms with Gasteiger partial charge in [-0.15, -0.1) is 0 Å². The van der Waals surface area contributed by atoms with Crippen LogP contribution < -0.4 is 10.1 Å². The van der Waals surface area contributed by atoms with E-state index in [1.807, 2.05) is 0 Å². The number of hydrogen-bond donors (Lipinski definition) is 1. The van der Waals surface area contributed by atoms with Crippen LogP contribution in [0, 0.1) is 0 Å². The molecule has 2 rings (SSSR count). The van der Waals surface area contributed by atoms with Crippen LogP contribution in [0.2, 0.25) is 0 Å². The molecule has 0 saturated heterocycles. The Morgan fingerprint density at radius 2 is 1.96 bits per heavy atom. The van der Waals surface area contributed by atoms with E-state index in [0.29, 0.717) is 35.2 Å². The van der Waals surface area contributed by atoms with Crippen molar-refractivity contribution in [3.8, 4) is 5.75 Å². The number of ether oxygens (including phenoxy) is 2. The second-order valence-corrected chi connectivity index (χ2v) is 6.52. The molecule has 126 valence electrons. The summed E-state index contributed by atoms with van der Waals surface area (Å²) in [5, 5.41) is 2.93. The Kier molecular flexibility index (Phi) is 6.04. The molecular weight excluding hydrogens is 362 g/mol. The number of hydrogen-bond acceptors (Lipinski definition) is 4. The van der Waals surface area contributed by atoms with Crippen molar-refractivity contribution in [3.05, 3.63) is 28.2 Å². The van der Waals surface area contributed by atoms with E-state index in [4.69, 9.17) is 9.47 Å². The first-order valence-corrected chi connectivity index (χ1v) is 8.65. The maximum atomic E-state index is 12.7. The van der Waals surface area contributed by atoms with Gasteiger partial charge in [0.25, 0.3) is 5.91 Å². The van der Waals surface area contributed by atoms with E-state index in [9.17, 15) is 9.59 Å². The van der Waals surface area contributed by atoms with Crippen LogP contribution >= 0.6 is 15.9 Å². The first-order valence-electron chi connectivity index (χ1n) is 7.85. The summed E-state index contributed by atoms with van der Waals surface area (Å²) in [4.78, 5) is 25.1. The molecule has 0 radical (unpaired) electrons. The molecule has 1 aromatic rings. The third kappa shape index (κ3) is 4.05. The zero-order chi connectivity index (χ0) is 16.9. The van der Waals surface area contributed by atoms with Crippen LogP contribution in [0.25, 0.3) is 0 Å². The van der Waals surface area contributed by atoms with Crippen LogP contribution in [-0.2, 0) is 9.53 Å². The quantitative estimate of drug-likeness (QED) is 0.790. The summed E-state index contributed by atoms with van der Waals surface area (Å²) in [5.41, 5.74) is -0.480. The Balaban J connectivity index is 2.25. The summed E-state index contributed by atoms with van der Waals surface area (Å²) in [6.07, 6.45) is 4.09. The summed E-state index contributed by atoms with van der Waals surface area (Å²) >= 11 is 3.38. The second kappa shape index (κ2) is 7.81. The van der Waals surface area contributed by atoms with E-state index in [1.54, 1.807) is 32.2 Å². The van der Waals surface area contributed by atoms with E-state index >= 15 is 0 Å². The minimum Gasteiger partial charge on any atom is -0.497 e. The monoisotopic (exact) mass is 383 g/mol. The molecule has 5 nitrogen and oxygen atoms in total. The second-order valence-electron chi connectivity index (χ2n) is 5.66. The van der Waals surface area contributed by atoms with Gasteiger partial charge in [0.15, 0.2) is 0 Å². The Labute approximate surface area is 144 Å². The number of halogens is 1. The van der Waals surface area contributed by atoms with E-state index in [-0.39, 0.29) is 11.9 Å². The van der Waals surface area contributed by atoms with Gasteiger partial charge < -0.3 is 14.8 Å². The maximum absolute atomic E-state index is 12.7. The highest BCUT2D eigenvalue weighted by Crippen LogP contribution is 2.31. The lowest BCUT2D eigenvalue weighted by molar-refractivity contribution is -0.152. The Hall–Kier alpha value is -1.56. The molecular formula is C17H22BrNO4. The van der Waals surface area contributed by atoms with Gasteiger partial charge in [0.1, 0.15) is 11.3 Å². The molecule has 23 heavy (non-hydrogen) atoms. The maximum Gasteiger partial charge on any atom is 0.331 e. The molecule has 0 atom stereocenters. The molecule has 0 heterocycles. The molecule has 0 bridgehead atoms. The van der Waals surface area contributed by atoms with Gasteiger partial charge >= 0.3 is 5.97 Å². The number of rotatable bonds is 5. The average Bonchev–Trinajstić information content (AvgIpc) is 2.56. The number of methoxy groups -OCH3 is 1. The first kappa shape index (κ1) is 17.8. The molecule has 6 heteroatoms. The Morgan fingerprint density at radius 3 is 2.57 bits per heavy atom. The largest absolute Gasteiger partial charge is 0.497 e. The molecule has 0 unspecified atom stereocenters. The molecule has 1 saturated carbocycles. The molecule has 1 aromatic carbocycles. The number of carbonyl (C=O) groups is 2. The molecule has 1 fully saturated rings. The van der Waals surface area contributed by atoms with Crippen LogP contribution in [-0.4, -0.2) is 31.1 Å². The predicted molar refractivity (Wildman–Crippen MR) is 90.6 cm³/mol. The van der Waals surface area contributed by atoms with Gasteiger partial charge in [-0.2, -0.15) is 0 Å². The molecule has 0 aromatic heterocycles. The molecule has 0 spiro atoms. The standard InChI is InChI=1S/C17H22BrNO4/c1-3-23-16(21)17(9-5-4-6-10-17)19-15(20)13-11-12(22-2)7-8-14(13)18/h7-8,11H,3-6,9-10H2,1-2H3,(H,19,20). The summed E-state index contributed by atoms with van der Waals surface area (Å²) in [7, 11) is 1.55. The minimum absolute atomic E-state index is 0.300. The fourth-order valence-electron chi connectivity index (χ4n) is 2.89. The summed E-state index contributed by atoms with van der Waals surface area (Å²) < 4.78 is 11.0. The lowest BCUT2D eigenvalue weighted by Gasteiger charge is -2.35. The summed E-state index contributed by atoms with van der Waals surface area (Å²) in [5.74, 6) is -0.0509. The number of benzene rings is 1. The highest BCUT2D eigenvalue weighted by molar-refractivity contribution is 9.10. The number of esters is 1. The van der Waals surface area contributed by atoms with E-state index < -0.39 is 5.54 Å². The molecule has 0 aliphatic heterocycles. The smallest absolute Gasteiger partial charge is 0.331 e. The van der Waals surface area contributed by atoms with E-state index in [2.05, 4.69) is 21.2 Å². The lowest BCUT2D eigenvalue weighted by Crippen LogP contribution is -2.56. The van der Waals surface area contributed by atoms with Gasteiger partial charge in [0.05, 0.1) is 19.3 Å². The zero-order valence-electron chi connectivity index (χ0n) is 13.5. The van der Waals surface area contributed by atoms with Crippen LogP contribution in [0.1, 0.15) is 49.4 Å². The zero-order valence-corrected chi connectivity index (χ0v) is 15.1. The summed E-state index contributed by atoms with van der Waals surface area (Å²) in [6, 6.07) is 5.18. The number of nitrogens with one attached hydrogen (secondary N) is 1. The molecule has 1 aliphatic carbocycles. The number of amides is 1. The Bertz CT molecular complexity index is 582.